The fourth-order valence-corrected chi connectivity index (χ4v) is 4.03. The quantitative estimate of drug-likeness (QED) is 0.580. The first kappa shape index (κ1) is 21.5. The topological polar surface area (TPSA) is 61.8 Å². The van der Waals surface area contributed by atoms with Crippen molar-refractivity contribution in [2.45, 2.75) is 45.1 Å². The Morgan fingerprint density at radius 2 is 1.93 bits per heavy atom. The molecule has 6 heteroatoms. The van der Waals surface area contributed by atoms with E-state index in [1.807, 2.05) is 31.2 Å². The van der Waals surface area contributed by atoms with Crippen LogP contribution in [-0.4, -0.2) is 36.9 Å². The molecule has 29 heavy (non-hydrogen) atoms. The van der Waals surface area contributed by atoms with Crippen molar-refractivity contribution in [1.29, 1.82) is 0 Å². The van der Waals surface area contributed by atoms with Crippen molar-refractivity contribution >= 4 is 34.6 Å². The van der Waals surface area contributed by atoms with Gasteiger partial charge in [0.25, 0.3) is 0 Å². The van der Waals surface area contributed by atoms with Gasteiger partial charge in [0.15, 0.2) is 0 Å². The molecule has 2 aromatic rings. The fourth-order valence-electron chi connectivity index (χ4n) is 3.90. The number of nitrogens with zero attached hydrogens (tertiary/aromatic N) is 1. The molecule has 0 amide bonds. The number of carboxylic acids is 1. The van der Waals surface area contributed by atoms with Crippen LogP contribution in [0.5, 0.6) is 0 Å². The highest BCUT2D eigenvalue weighted by atomic mass is 35.5. The lowest BCUT2D eigenvalue weighted by Crippen LogP contribution is -2.39. The molecule has 2 N–H and O–H groups in total. The standard InChI is InChI=1S/C23H29ClN2O3/c1-3-26(20-10-12-29-13-11-20)22-9-4-17(16(2)14-23(27)28)15-21(22)25-19-7-5-18(24)6-8-19/h4-9,15-16,20,25H,3,10-14H2,1-2H3,(H,27,28). The Balaban J connectivity index is 1.96. The fraction of sp³-hybridized carbons (Fsp3) is 0.435. The van der Waals surface area contributed by atoms with Gasteiger partial charge in [0.2, 0.25) is 0 Å². The van der Waals surface area contributed by atoms with Crippen molar-refractivity contribution in [2.24, 2.45) is 0 Å². The second-order valence-corrected chi connectivity index (χ2v) is 7.97. The number of hydrogen-bond donors (Lipinski definition) is 2. The Morgan fingerprint density at radius 3 is 2.55 bits per heavy atom. The summed E-state index contributed by atoms with van der Waals surface area (Å²) < 4.78 is 5.54. The molecular weight excluding hydrogens is 388 g/mol. The van der Waals surface area contributed by atoms with Gasteiger partial charge in [-0.3, -0.25) is 4.79 Å². The van der Waals surface area contributed by atoms with E-state index in [1.165, 1.54) is 0 Å². The number of ether oxygens (including phenoxy) is 1. The van der Waals surface area contributed by atoms with Gasteiger partial charge in [-0.2, -0.15) is 0 Å². The summed E-state index contributed by atoms with van der Waals surface area (Å²) in [6.07, 6.45) is 2.12. The lowest BCUT2D eigenvalue weighted by Gasteiger charge is -2.36. The molecule has 0 saturated carbocycles. The van der Waals surface area contributed by atoms with E-state index in [0.29, 0.717) is 11.1 Å². The van der Waals surface area contributed by atoms with Crippen molar-refractivity contribution < 1.29 is 14.6 Å². The predicted molar refractivity (Wildman–Crippen MR) is 119 cm³/mol. The number of carbonyl (C=O) groups is 1. The Bertz CT molecular complexity index is 819. The maximum absolute atomic E-state index is 11.2. The molecule has 1 unspecified atom stereocenters. The van der Waals surface area contributed by atoms with Crippen LogP contribution in [0.15, 0.2) is 42.5 Å². The molecule has 1 heterocycles. The van der Waals surface area contributed by atoms with E-state index in [1.54, 1.807) is 0 Å². The molecule has 1 atom stereocenters. The monoisotopic (exact) mass is 416 g/mol. The summed E-state index contributed by atoms with van der Waals surface area (Å²) in [5, 5.41) is 13.4. The lowest BCUT2D eigenvalue weighted by atomic mass is 9.96. The van der Waals surface area contributed by atoms with E-state index in [4.69, 9.17) is 16.3 Å². The number of carboxylic acid groups (broad SMARTS) is 1. The normalized spacial score (nSPS) is 15.7. The van der Waals surface area contributed by atoms with Gasteiger partial charge in [0, 0.05) is 36.5 Å². The number of benzene rings is 2. The summed E-state index contributed by atoms with van der Waals surface area (Å²) in [6, 6.07) is 14.3. The first-order valence-electron chi connectivity index (χ1n) is 10.2. The second kappa shape index (κ2) is 9.99. The average Bonchev–Trinajstić information content (AvgIpc) is 2.71. The molecule has 0 aromatic heterocycles. The molecule has 1 saturated heterocycles. The zero-order chi connectivity index (χ0) is 20.8. The van der Waals surface area contributed by atoms with Gasteiger partial charge in [-0.15, -0.1) is 0 Å². The maximum atomic E-state index is 11.2. The predicted octanol–water partition coefficient (Wildman–Crippen LogP) is 5.67. The number of nitrogens with one attached hydrogen (secondary N) is 1. The molecule has 0 spiro atoms. The summed E-state index contributed by atoms with van der Waals surface area (Å²) in [5.41, 5.74) is 4.06. The van der Waals surface area contributed by atoms with Gasteiger partial charge >= 0.3 is 5.97 Å². The van der Waals surface area contributed by atoms with E-state index >= 15 is 0 Å². The molecule has 2 aromatic carbocycles. The molecule has 0 bridgehead atoms. The number of aliphatic carboxylic acids is 1. The van der Waals surface area contributed by atoms with Crippen LogP contribution < -0.4 is 10.2 Å². The Hall–Kier alpha value is -2.24. The van der Waals surface area contributed by atoms with Gasteiger partial charge in [0.05, 0.1) is 17.8 Å². The maximum Gasteiger partial charge on any atom is 0.303 e. The highest BCUT2D eigenvalue weighted by molar-refractivity contribution is 6.30. The third-order valence-electron chi connectivity index (χ3n) is 5.48. The molecule has 1 fully saturated rings. The van der Waals surface area contributed by atoms with Crippen LogP contribution in [-0.2, 0) is 9.53 Å². The first-order valence-corrected chi connectivity index (χ1v) is 10.6. The summed E-state index contributed by atoms with van der Waals surface area (Å²) in [6.45, 7) is 6.58. The number of anilines is 3. The minimum Gasteiger partial charge on any atom is -0.481 e. The molecule has 3 rings (SSSR count). The molecule has 1 aliphatic heterocycles. The first-order chi connectivity index (χ1) is 14.0. The number of hydrogen-bond acceptors (Lipinski definition) is 4. The molecular formula is C23H29ClN2O3. The van der Waals surface area contributed by atoms with E-state index < -0.39 is 5.97 Å². The van der Waals surface area contributed by atoms with Gasteiger partial charge in [-0.25, -0.2) is 0 Å². The third-order valence-corrected chi connectivity index (χ3v) is 5.73. The van der Waals surface area contributed by atoms with Crippen LogP contribution in [0.1, 0.15) is 44.6 Å². The minimum absolute atomic E-state index is 0.0644. The van der Waals surface area contributed by atoms with Gasteiger partial charge in [-0.1, -0.05) is 24.6 Å². The Morgan fingerprint density at radius 1 is 1.24 bits per heavy atom. The van der Waals surface area contributed by atoms with Gasteiger partial charge < -0.3 is 20.1 Å². The number of halogens is 1. The van der Waals surface area contributed by atoms with Crippen LogP contribution in [0.2, 0.25) is 5.02 Å². The molecule has 1 aliphatic rings. The highest BCUT2D eigenvalue weighted by Gasteiger charge is 2.23. The second-order valence-electron chi connectivity index (χ2n) is 7.54. The van der Waals surface area contributed by atoms with E-state index in [0.717, 1.165) is 55.2 Å². The minimum atomic E-state index is -0.786. The van der Waals surface area contributed by atoms with E-state index in [9.17, 15) is 9.90 Å². The summed E-state index contributed by atoms with van der Waals surface area (Å²) in [4.78, 5) is 13.6. The van der Waals surface area contributed by atoms with Crippen LogP contribution in [0, 0.1) is 0 Å². The Kier molecular flexibility index (Phi) is 7.40. The number of rotatable bonds is 8. The largest absolute Gasteiger partial charge is 0.481 e. The summed E-state index contributed by atoms with van der Waals surface area (Å²) in [7, 11) is 0. The van der Waals surface area contributed by atoms with Crippen molar-refractivity contribution in [3.63, 3.8) is 0 Å². The van der Waals surface area contributed by atoms with E-state index in [-0.39, 0.29) is 12.3 Å². The van der Waals surface area contributed by atoms with Crippen LogP contribution in [0.4, 0.5) is 17.1 Å². The van der Waals surface area contributed by atoms with E-state index in [2.05, 4.69) is 35.3 Å². The molecule has 156 valence electrons. The SMILES string of the molecule is CCN(c1ccc(C(C)CC(=O)O)cc1Nc1ccc(Cl)cc1)C1CCOCC1. The van der Waals surface area contributed by atoms with Crippen LogP contribution in [0.25, 0.3) is 0 Å². The van der Waals surface area contributed by atoms with Gasteiger partial charge in [-0.05, 0) is 67.6 Å². The average molecular weight is 417 g/mol. The third kappa shape index (κ3) is 5.64. The van der Waals surface area contributed by atoms with Gasteiger partial charge in [0.1, 0.15) is 0 Å². The molecule has 0 aliphatic carbocycles. The molecule has 5 nitrogen and oxygen atoms in total. The zero-order valence-electron chi connectivity index (χ0n) is 17.0. The lowest BCUT2D eigenvalue weighted by molar-refractivity contribution is -0.137. The van der Waals surface area contributed by atoms with Crippen molar-refractivity contribution in [2.75, 3.05) is 30.0 Å². The molecule has 0 radical (unpaired) electrons. The van der Waals surface area contributed by atoms with Crippen LogP contribution >= 0.6 is 11.6 Å². The summed E-state index contributed by atoms with van der Waals surface area (Å²) in [5.74, 6) is -0.850. The zero-order valence-corrected chi connectivity index (χ0v) is 17.8. The Labute approximate surface area is 177 Å². The van der Waals surface area contributed by atoms with Crippen molar-refractivity contribution in [1.82, 2.24) is 0 Å². The smallest absolute Gasteiger partial charge is 0.303 e. The van der Waals surface area contributed by atoms with Crippen molar-refractivity contribution in [3.8, 4) is 0 Å². The van der Waals surface area contributed by atoms with Crippen molar-refractivity contribution in [3.05, 3.63) is 53.1 Å². The summed E-state index contributed by atoms with van der Waals surface area (Å²) >= 11 is 6.03. The highest BCUT2D eigenvalue weighted by Crippen LogP contribution is 2.35. The van der Waals surface area contributed by atoms with Crippen LogP contribution in [0.3, 0.4) is 0 Å².